The molecule has 104 heavy (non-hydrogen) atoms. The molecule has 0 fully saturated rings. The van der Waals surface area contributed by atoms with Crippen LogP contribution in [0.2, 0.25) is 0 Å². The fourth-order valence-corrected chi connectivity index (χ4v) is 12.2. The second-order valence-corrected chi connectivity index (χ2v) is 30.5. The summed E-state index contributed by atoms with van der Waals surface area (Å²) in [4.78, 5) is 38.2. The van der Waals surface area contributed by atoms with Crippen LogP contribution in [0.4, 0.5) is 0 Å². The summed E-state index contributed by atoms with van der Waals surface area (Å²) in [6, 6.07) is 0. The number of hydrogen-bond donors (Lipinski definition) is 0. The van der Waals surface area contributed by atoms with Crippen molar-refractivity contribution in [2.75, 3.05) is 47.5 Å². The molecule has 0 bridgehead atoms. The molecule has 0 saturated carbocycles. The molecule has 0 aliphatic rings. The zero-order chi connectivity index (χ0) is 75.4. The average Bonchev–Trinajstić information content (AvgIpc) is 0.920. The van der Waals surface area contributed by atoms with Gasteiger partial charge in [0.2, 0.25) is 0 Å². The van der Waals surface area contributed by atoms with E-state index in [1.807, 2.05) is 21.1 Å². The van der Waals surface area contributed by atoms with Gasteiger partial charge in [0, 0.05) is 12.8 Å². The van der Waals surface area contributed by atoms with Gasteiger partial charge < -0.3 is 27.9 Å². The summed E-state index contributed by atoms with van der Waals surface area (Å²) in [7, 11) is 1.14. The lowest BCUT2D eigenvalue weighted by molar-refractivity contribution is -0.870. The Kier molecular flexibility index (Phi) is 78.3. The first-order chi connectivity index (χ1) is 51.0. The number of esters is 2. The van der Waals surface area contributed by atoms with Gasteiger partial charge in [0.25, 0.3) is 7.82 Å². The maximum Gasteiger partial charge on any atom is 0.306 e. The minimum absolute atomic E-state index is 0.0435. The third-order valence-corrected chi connectivity index (χ3v) is 18.9. The van der Waals surface area contributed by atoms with Gasteiger partial charge in [-0.25, -0.2) is 0 Å². The Bertz CT molecular complexity index is 2420. The number of likely N-dealkylation sites (N-methyl/N-ethyl adjacent to an activating group) is 1. The number of phosphoric acid groups is 1. The van der Waals surface area contributed by atoms with Gasteiger partial charge in [0.05, 0.1) is 27.7 Å². The molecule has 0 N–H and O–H groups in total. The smallest absolute Gasteiger partial charge is 0.306 e. The molecule has 10 heteroatoms. The molecule has 0 rings (SSSR count). The standard InChI is InChI=1S/C94H158NO8P/c1-6-8-10-12-14-16-18-20-22-24-26-28-30-32-34-36-38-40-42-44-46-47-49-51-53-55-57-59-61-63-65-67-69-71-73-75-77-79-81-83-85-87-94(97)103-92(91-102-104(98,99)101-89-88-95(3,4)5)90-100-93(96)86-84-82-80-78-76-74-72-70-68-66-64-62-60-58-56-54-52-50-48-45-43-41-39-37-35-33-31-29-27-25-23-21-19-17-15-13-11-9-7-2/h8,10,14,16,19-22,25-28,31-34,38,40,44,46,49,51,55,57,61,63,67,69,73,75,92H,6-7,9,11-13,15,17-18,23-24,29-30,35-37,39,41-43,45,47-48,50,52-54,56,58-60,62,64-66,68,70-72,74,76-91H2,1-5H3/b10-8-,16-14-,21-19-,22-20-,27-25-,28-26-,33-31-,34-32-,40-38-,46-44-,51-49-,57-55-,63-61-,69-67-,75-73-. The second kappa shape index (κ2) is 82.2. The Labute approximate surface area is 641 Å². The number of carbonyl (C=O) groups is 2. The van der Waals surface area contributed by atoms with Crippen molar-refractivity contribution in [1.82, 2.24) is 0 Å². The quantitative estimate of drug-likeness (QED) is 0.0195. The third kappa shape index (κ3) is 86.0. The van der Waals surface area contributed by atoms with Gasteiger partial charge in [-0.1, -0.05) is 376 Å². The number of allylic oxidation sites excluding steroid dienone is 30. The van der Waals surface area contributed by atoms with Crippen molar-refractivity contribution in [3.63, 3.8) is 0 Å². The number of rotatable bonds is 77. The van der Waals surface area contributed by atoms with Gasteiger partial charge in [0.15, 0.2) is 6.10 Å². The van der Waals surface area contributed by atoms with Gasteiger partial charge >= 0.3 is 11.9 Å². The lowest BCUT2D eigenvalue weighted by atomic mass is 10.0. The molecule has 0 aliphatic heterocycles. The van der Waals surface area contributed by atoms with Crippen molar-refractivity contribution in [2.45, 2.75) is 354 Å². The number of phosphoric ester groups is 1. The van der Waals surface area contributed by atoms with Gasteiger partial charge in [-0.3, -0.25) is 14.2 Å². The normalized spacial score (nSPS) is 13.9. The minimum Gasteiger partial charge on any atom is -0.756 e. The van der Waals surface area contributed by atoms with Crippen molar-refractivity contribution in [1.29, 1.82) is 0 Å². The summed E-state index contributed by atoms with van der Waals surface area (Å²) >= 11 is 0. The van der Waals surface area contributed by atoms with Gasteiger partial charge in [0.1, 0.15) is 19.8 Å². The van der Waals surface area contributed by atoms with E-state index in [4.69, 9.17) is 18.5 Å². The molecule has 2 unspecified atom stereocenters. The summed E-state index contributed by atoms with van der Waals surface area (Å²) in [5, 5.41) is 0. The SMILES string of the molecule is CC/C=C\C/C=C\C/C=C\C/C=C\C/C=C\C/C=C\C/C=C\C/C=C\C/C=C\C/C=C\C/C=C\C/C=C\CCCCCCC(=O)OC(COC(=O)CCCCCCCCCCCCCCCCCCCCCCCCCC/C=C\C/C=C\C/C=C\CCCCCCC)COP(=O)([O-])OCC[N+](C)(C)C. The molecule has 0 amide bonds. The second-order valence-electron chi connectivity index (χ2n) is 29.1. The number of hydrogen-bond acceptors (Lipinski definition) is 8. The molecule has 0 spiro atoms. The van der Waals surface area contributed by atoms with E-state index in [2.05, 4.69) is 196 Å². The third-order valence-electron chi connectivity index (χ3n) is 17.9. The number of nitrogens with zero attached hydrogens (tertiary/aromatic N) is 1. The molecule has 0 aromatic rings. The van der Waals surface area contributed by atoms with Gasteiger partial charge in [-0.05, 0) is 141 Å². The van der Waals surface area contributed by atoms with Crippen LogP contribution in [-0.4, -0.2) is 70.0 Å². The Morgan fingerprint density at radius 2 is 0.548 bits per heavy atom. The predicted molar refractivity (Wildman–Crippen MR) is 452 cm³/mol. The molecule has 0 heterocycles. The van der Waals surface area contributed by atoms with Gasteiger partial charge in [-0.15, -0.1) is 0 Å². The van der Waals surface area contributed by atoms with Crippen LogP contribution in [0.25, 0.3) is 0 Å². The largest absolute Gasteiger partial charge is 0.756 e. The lowest BCUT2D eigenvalue weighted by Crippen LogP contribution is -2.37. The van der Waals surface area contributed by atoms with E-state index >= 15 is 0 Å². The lowest BCUT2D eigenvalue weighted by Gasteiger charge is -2.28. The van der Waals surface area contributed by atoms with E-state index in [1.54, 1.807) is 0 Å². The van der Waals surface area contributed by atoms with Crippen molar-refractivity contribution in [3.8, 4) is 0 Å². The summed E-state index contributed by atoms with van der Waals surface area (Å²) in [5.41, 5.74) is 0. The Morgan fingerprint density at radius 3 is 0.817 bits per heavy atom. The van der Waals surface area contributed by atoms with E-state index in [-0.39, 0.29) is 26.1 Å². The van der Waals surface area contributed by atoms with Crippen molar-refractivity contribution >= 4 is 19.8 Å². The maximum absolute atomic E-state index is 12.9. The highest BCUT2D eigenvalue weighted by Crippen LogP contribution is 2.38. The first-order valence-corrected chi connectivity index (χ1v) is 44.0. The Hall–Kier alpha value is -4.89. The molecule has 9 nitrogen and oxygen atoms in total. The van der Waals surface area contributed by atoms with E-state index in [0.29, 0.717) is 17.4 Å². The molecule has 0 saturated heterocycles. The van der Waals surface area contributed by atoms with Crippen LogP contribution in [0, 0.1) is 0 Å². The van der Waals surface area contributed by atoms with Crippen LogP contribution in [0.5, 0.6) is 0 Å². The van der Waals surface area contributed by atoms with E-state index < -0.39 is 32.5 Å². The number of quaternary nitrogens is 1. The monoisotopic (exact) mass is 1460 g/mol. The molecule has 0 aromatic carbocycles. The maximum atomic E-state index is 12.9. The van der Waals surface area contributed by atoms with E-state index in [1.165, 1.54) is 180 Å². The van der Waals surface area contributed by atoms with Crippen LogP contribution < -0.4 is 4.89 Å². The fraction of sp³-hybridized carbons (Fsp3) is 0.660. The predicted octanol–water partition coefficient (Wildman–Crippen LogP) is 28.3. The van der Waals surface area contributed by atoms with Crippen molar-refractivity contribution < 1.29 is 42.1 Å². The molecule has 0 radical (unpaired) electrons. The highest BCUT2D eigenvalue weighted by Gasteiger charge is 2.22. The summed E-state index contributed by atoms with van der Waals surface area (Å²) in [6.07, 6.45) is 126. The van der Waals surface area contributed by atoms with E-state index in [9.17, 15) is 19.0 Å². The molecule has 0 aromatic heterocycles. The first kappa shape index (κ1) is 99.1. The fourth-order valence-electron chi connectivity index (χ4n) is 11.5. The Morgan fingerprint density at radius 1 is 0.308 bits per heavy atom. The number of unbranched alkanes of at least 4 members (excludes halogenated alkanes) is 33. The molecule has 2 atom stereocenters. The minimum atomic E-state index is -4.67. The van der Waals surface area contributed by atoms with Gasteiger partial charge in [-0.2, -0.15) is 0 Å². The topological polar surface area (TPSA) is 111 Å². The van der Waals surface area contributed by atoms with Crippen LogP contribution in [0.15, 0.2) is 182 Å². The van der Waals surface area contributed by atoms with Crippen LogP contribution in [0.3, 0.4) is 0 Å². The van der Waals surface area contributed by atoms with Crippen LogP contribution >= 0.6 is 7.82 Å². The molecule has 592 valence electrons. The summed E-state index contributed by atoms with van der Waals surface area (Å²) in [5.74, 6) is -0.862. The van der Waals surface area contributed by atoms with Crippen molar-refractivity contribution in [3.05, 3.63) is 182 Å². The molecular weight excluding hydrogens is 1300 g/mol. The zero-order valence-corrected chi connectivity index (χ0v) is 68.6. The first-order valence-electron chi connectivity index (χ1n) is 42.5. The summed E-state index contributed by atoms with van der Waals surface area (Å²) in [6.45, 7) is 4.10. The van der Waals surface area contributed by atoms with Crippen LogP contribution in [-0.2, 0) is 32.7 Å². The van der Waals surface area contributed by atoms with Crippen molar-refractivity contribution in [2.24, 2.45) is 0 Å². The highest BCUT2D eigenvalue weighted by atomic mass is 31.2. The molecule has 0 aliphatic carbocycles. The molecular formula is C94H158NO8P. The number of carbonyl (C=O) groups excluding carboxylic acids is 2. The highest BCUT2D eigenvalue weighted by molar-refractivity contribution is 7.45. The Balaban J connectivity index is 4.05. The zero-order valence-electron chi connectivity index (χ0n) is 67.7. The van der Waals surface area contributed by atoms with E-state index in [0.717, 1.165) is 135 Å². The number of ether oxygens (including phenoxy) is 2. The summed E-state index contributed by atoms with van der Waals surface area (Å²) < 4.78 is 34.4. The van der Waals surface area contributed by atoms with Crippen LogP contribution in [0.1, 0.15) is 348 Å². The average molecular weight is 1460 g/mol.